The van der Waals surface area contributed by atoms with Gasteiger partial charge in [-0.2, -0.15) is 13.2 Å². The van der Waals surface area contributed by atoms with Crippen LogP contribution in [0.5, 0.6) is 0 Å². The molecule has 2 N–H and O–H groups in total. The molecule has 1 rings (SSSR count). The highest BCUT2D eigenvalue weighted by atomic mass is 79.9. The monoisotopic (exact) mass is 323 g/mol. The summed E-state index contributed by atoms with van der Waals surface area (Å²) in [5, 5.41) is 11.0. The average Bonchev–Trinajstić information content (AvgIpc) is 2.24. The van der Waals surface area contributed by atoms with Gasteiger partial charge in [0.1, 0.15) is 0 Å². The normalized spacial score (nSPS) is 11.8. The van der Waals surface area contributed by atoms with E-state index in [1.807, 2.05) is 0 Å². The Hall–Kier alpha value is -1.50. The summed E-state index contributed by atoms with van der Waals surface area (Å²) < 4.78 is 37.7. The van der Waals surface area contributed by atoms with Crippen molar-refractivity contribution >= 4 is 27.6 Å². The number of nitrogens with one attached hydrogen (secondary N) is 1. The van der Waals surface area contributed by atoms with Gasteiger partial charge in [0.15, 0.2) is 0 Å². The molecule has 0 atom stereocenters. The number of halogens is 4. The second kappa shape index (κ2) is 5.90. The topological polar surface area (TPSA) is 49.3 Å². The van der Waals surface area contributed by atoms with Crippen molar-refractivity contribution in [2.75, 3.05) is 11.9 Å². The van der Waals surface area contributed by atoms with Crippen LogP contribution in [0.2, 0.25) is 0 Å². The Morgan fingerprint density at radius 2 is 2.11 bits per heavy atom. The highest BCUT2D eigenvalue weighted by Gasteiger charge is 2.33. The molecule has 0 unspecified atom stereocenters. The number of hydrogen-bond donors (Lipinski definition) is 2. The molecular formula is C11H9BrF3NO2. The Bertz CT molecular complexity index is 472. The lowest BCUT2D eigenvalue weighted by Gasteiger charge is -2.11. The summed E-state index contributed by atoms with van der Waals surface area (Å²) >= 11 is 2.83. The van der Waals surface area contributed by atoms with Crippen molar-refractivity contribution in [3.63, 3.8) is 0 Å². The van der Waals surface area contributed by atoms with E-state index in [1.54, 1.807) is 0 Å². The number of alkyl halides is 3. The predicted molar refractivity (Wildman–Crippen MR) is 64.4 cm³/mol. The lowest BCUT2D eigenvalue weighted by molar-refractivity contribution is -0.138. The van der Waals surface area contributed by atoms with Crippen molar-refractivity contribution in [1.82, 2.24) is 0 Å². The molecule has 18 heavy (non-hydrogen) atoms. The number of benzene rings is 1. The van der Waals surface area contributed by atoms with Crippen LogP contribution in [0.25, 0.3) is 0 Å². The number of rotatable bonds is 4. The lowest BCUT2D eigenvalue weighted by atomic mass is 10.2. The zero-order valence-electron chi connectivity index (χ0n) is 8.96. The molecule has 0 saturated carbocycles. The average molecular weight is 324 g/mol. The Kier molecular flexibility index (Phi) is 4.77. The molecule has 0 spiro atoms. The van der Waals surface area contributed by atoms with Crippen LogP contribution in [0.15, 0.2) is 34.8 Å². The number of carboxylic acid groups (broad SMARTS) is 1. The van der Waals surface area contributed by atoms with E-state index in [0.29, 0.717) is 0 Å². The molecule has 0 heterocycles. The molecule has 1 aromatic carbocycles. The van der Waals surface area contributed by atoms with Crippen LogP contribution in [-0.4, -0.2) is 17.6 Å². The van der Waals surface area contributed by atoms with Crippen LogP contribution in [0.1, 0.15) is 5.56 Å². The second-order valence-corrected chi connectivity index (χ2v) is 4.17. The van der Waals surface area contributed by atoms with Crippen molar-refractivity contribution in [3.05, 3.63) is 40.4 Å². The fourth-order valence-electron chi connectivity index (χ4n) is 1.19. The van der Waals surface area contributed by atoms with Gasteiger partial charge in [-0.1, -0.05) is 22.0 Å². The molecule has 0 radical (unpaired) electrons. The summed E-state index contributed by atoms with van der Waals surface area (Å²) in [4.78, 5) is 10.2. The van der Waals surface area contributed by atoms with E-state index in [9.17, 15) is 18.0 Å². The van der Waals surface area contributed by atoms with Gasteiger partial charge in [-0.3, -0.25) is 0 Å². The first-order valence-electron chi connectivity index (χ1n) is 4.81. The standard InChI is InChI=1S/C11H9BrF3NO2/c12-9-4-3-7(6-8(9)11(13,14)15)16-5-1-2-10(17)18/h1-4,6,16H,5H2,(H,17,18)/b2-1+. The fourth-order valence-corrected chi connectivity index (χ4v) is 1.66. The molecule has 0 aliphatic heterocycles. The third kappa shape index (κ3) is 4.40. The summed E-state index contributed by atoms with van der Waals surface area (Å²) in [7, 11) is 0. The minimum absolute atomic E-state index is 0.0402. The van der Waals surface area contributed by atoms with Gasteiger partial charge >= 0.3 is 12.1 Å². The first-order chi connectivity index (χ1) is 8.30. The van der Waals surface area contributed by atoms with E-state index in [4.69, 9.17) is 5.11 Å². The van der Waals surface area contributed by atoms with Crippen molar-refractivity contribution in [3.8, 4) is 0 Å². The van der Waals surface area contributed by atoms with E-state index in [0.717, 1.165) is 12.1 Å². The molecule has 0 aliphatic carbocycles. The second-order valence-electron chi connectivity index (χ2n) is 3.31. The molecule has 0 aromatic heterocycles. The highest BCUT2D eigenvalue weighted by molar-refractivity contribution is 9.10. The maximum atomic E-state index is 12.6. The lowest BCUT2D eigenvalue weighted by Crippen LogP contribution is -2.07. The minimum atomic E-state index is -4.44. The highest BCUT2D eigenvalue weighted by Crippen LogP contribution is 2.36. The molecule has 0 saturated heterocycles. The molecule has 0 bridgehead atoms. The summed E-state index contributed by atoms with van der Waals surface area (Å²) in [5.74, 6) is -1.11. The minimum Gasteiger partial charge on any atom is -0.478 e. The van der Waals surface area contributed by atoms with Crippen molar-refractivity contribution < 1.29 is 23.1 Å². The van der Waals surface area contributed by atoms with E-state index in [-0.39, 0.29) is 16.7 Å². The van der Waals surface area contributed by atoms with Crippen molar-refractivity contribution in [2.45, 2.75) is 6.18 Å². The van der Waals surface area contributed by atoms with E-state index in [1.165, 1.54) is 18.2 Å². The molecule has 0 amide bonds. The van der Waals surface area contributed by atoms with Crippen LogP contribution in [0.4, 0.5) is 18.9 Å². The fraction of sp³-hybridized carbons (Fsp3) is 0.182. The summed E-state index contributed by atoms with van der Waals surface area (Å²) in [5.41, 5.74) is -0.518. The Morgan fingerprint density at radius 1 is 1.44 bits per heavy atom. The molecule has 0 aliphatic rings. The molecule has 3 nitrogen and oxygen atoms in total. The SMILES string of the molecule is O=C(O)/C=C/CNc1ccc(Br)c(C(F)(F)F)c1. The first kappa shape index (κ1) is 14.6. The zero-order valence-corrected chi connectivity index (χ0v) is 10.5. The summed E-state index contributed by atoms with van der Waals surface area (Å²) in [6.45, 7) is 0.130. The molecular weight excluding hydrogens is 315 g/mol. The number of aliphatic carboxylic acids is 1. The van der Waals surface area contributed by atoms with Gasteiger partial charge in [-0.25, -0.2) is 4.79 Å². The van der Waals surface area contributed by atoms with Crippen LogP contribution in [0.3, 0.4) is 0 Å². The van der Waals surface area contributed by atoms with E-state index in [2.05, 4.69) is 21.2 Å². The third-order valence-electron chi connectivity index (χ3n) is 1.96. The van der Waals surface area contributed by atoms with Gasteiger partial charge in [0, 0.05) is 22.8 Å². The first-order valence-corrected chi connectivity index (χ1v) is 5.60. The van der Waals surface area contributed by atoms with Crippen molar-refractivity contribution in [2.24, 2.45) is 0 Å². The summed E-state index contributed by atoms with van der Waals surface area (Å²) in [6, 6.07) is 3.71. The van der Waals surface area contributed by atoms with Crippen LogP contribution in [-0.2, 0) is 11.0 Å². The number of anilines is 1. The van der Waals surface area contributed by atoms with Gasteiger partial charge in [0.2, 0.25) is 0 Å². The largest absolute Gasteiger partial charge is 0.478 e. The summed E-state index contributed by atoms with van der Waals surface area (Å²) in [6.07, 6.45) is -2.22. The van der Waals surface area contributed by atoms with Crippen molar-refractivity contribution in [1.29, 1.82) is 0 Å². The van der Waals surface area contributed by atoms with Gasteiger partial charge in [0.05, 0.1) is 5.56 Å². The maximum absolute atomic E-state index is 12.6. The van der Waals surface area contributed by atoms with Crippen LogP contribution >= 0.6 is 15.9 Å². The van der Waals surface area contributed by atoms with Gasteiger partial charge < -0.3 is 10.4 Å². The molecule has 98 valence electrons. The third-order valence-corrected chi connectivity index (χ3v) is 2.65. The molecule has 7 heteroatoms. The zero-order chi connectivity index (χ0) is 13.8. The maximum Gasteiger partial charge on any atom is 0.417 e. The van der Waals surface area contributed by atoms with Crippen LogP contribution < -0.4 is 5.32 Å². The van der Waals surface area contributed by atoms with Gasteiger partial charge in [0.25, 0.3) is 0 Å². The van der Waals surface area contributed by atoms with Crippen LogP contribution in [0, 0.1) is 0 Å². The van der Waals surface area contributed by atoms with Gasteiger partial charge in [-0.15, -0.1) is 0 Å². The Morgan fingerprint density at radius 3 is 2.67 bits per heavy atom. The Balaban J connectivity index is 2.77. The smallest absolute Gasteiger partial charge is 0.417 e. The van der Waals surface area contributed by atoms with Gasteiger partial charge in [-0.05, 0) is 18.2 Å². The number of hydrogen-bond acceptors (Lipinski definition) is 2. The molecule has 0 fully saturated rings. The number of carboxylic acids is 1. The number of carbonyl (C=O) groups is 1. The predicted octanol–water partition coefficient (Wildman–Crippen LogP) is 3.52. The van der Waals surface area contributed by atoms with E-state index < -0.39 is 17.7 Å². The van der Waals surface area contributed by atoms with E-state index >= 15 is 0 Å². The quantitative estimate of drug-likeness (QED) is 0.833. The molecule has 1 aromatic rings. The Labute approximate surface area is 109 Å².